The molecule has 2 N–H and O–H groups in total. The number of sulfonamides is 1. The predicted octanol–water partition coefficient (Wildman–Crippen LogP) is 6.31. The lowest BCUT2D eigenvalue weighted by atomic mass is 9.87. The van der Waals surface area contributed by atoms with Gasteiger partial charge in [0.05, 0.1) is 18.6 Å². The number of ether oxygens (including phenoxy) is 3. The summed E-state index contributed by atoms with van der Waals surface area (Å²) in [6.07, 6.45) is 3.54. The fraction of sp³-hybridized carbons (Fsp3) is 0.250. The summed E-state index contributed by atoms with van der Waals surface area (Å²) < 4.78 is 47.9. The van der Waals surface area contributed by atoms with Crippen LogP contribution in [0.3, 0.4) is 0 Å². The molecule has 3 aromatic carbocycles. The molecule has 0 aliphatic rings. The molecule has 0 saturated heterocycles. The lowest BCUT2D eigenvalue weighted by Crippen LogP contribution is -2.23. The third-order valence-electron chi connectivity index (χ3n) is 7.26. The molecule has 0 fully saturated rings. The van der Waals surface area contributed by atoms with Crippen LogP contribution in [0.2, 0.25) is 0 Å². The Labute approximate surface area is 286 Å². The molecule has 1 amide bonds. The first kappa shape index (κ1) is 34.8. The Kier molecular flexibility index (Phi) is 11.0. The number of nitrogens with zero attached hydrogens (tertiary/aromatic N) is 4. The molecule has 0 bridgehead atoms. The smallest absolute Gasteiger partial charge is 0.263 e. The van der Waals surface area contributed by atoms with Gasteiger partial charge in [-0.25, -0.2) is 23.4 Å². The highest BCUT2D eigenvalue weighted by atomic mass is 32.2. The summed E-state index contributed by atoms with van der Waals surface area (Å²) in [6, 6.07) is 24.7. The minimum atomic E-state index is -4.19. The number of nitrogens with one attached hydrogen (secondary N) is 2. The van der Waals surface area contributed by atoms with Crippen LogP contribution in [0.5, 0.6) is 23.1 Å². The lowest BCUT2D eigenvalue weighted by Gasteiger charge is -2.20. The number of para-hydroxylation sites is 2. The Balaban J connectivity index is 1.47. The Morgan fingerprint density at radius 2 is 1.49 bits per heavy atom. The van der Waals surface area contributed by atoms with Crippen LogP contribution in [0.1, 0.15) is 44.7 Å². The van der Waals surface area contributed by atoms with E-state index in [1.54, 1.807) is 42.5 Å². The first-order chi connectivity index (χ1) is 23.5. The second-order valence-corrected chi connectivity index (χ2v) is 13.6. The second kappa shape index (κ2) is 15.6. The highest BCUT2D eigenvalue weighted by Crippen LogP contribution is 2.41. The summed E-state index contributed by atoms with van der Waals surface area (Å²) in [4.78, 5) is 30.1. The van der Waals surface area contributed by atoms with Gasteiger partial charge in [0, 0.05) is 25.4 Å². The van der Waals surface area contributed by atoms with Gasteiger partial charge < -0.3 is 19.5 Å². The zero-order valence-corrected chi connectivity index (χ0v) is 28.5. The number of carbonyl (C=O) groups is 1. The van der Waals surface area contributed by atoms with Crippen LogP contribution in [-0.4, -0.2) is 48.0 Å². The highest BCUT2D eigenvalue weighted by molar-refractivity contribution is 7.92. The van der Waals surface area contributed by atoms with Crippen molar-refractivity contribution in [2.75, 3.05) is 18.4 Å². The number of aromatic nitrogens is 4. The van der Waals surface area contributed by atoms with Crippen LogP contribution in [-0.2, 0) is 26.8 Å². The zero-order valence-electron chi connectivity index (χ0n) is 27.7. The molecule has 12 nitrogen and oxygen atoms in total. The molecule has 0 aliphatic heterocycles. The molecule has 0 spiro atoms. The van der Waals surface area contributed by atoms with E-state index in [9.17, 15) is 13.2 Å². The first-order valence-corrected chi connectivity index (χ1v) is 17.1. The van der Waals surface area contributed by atoms with Crippen molar-refractivity contribution in [2.45, 2.75) is 50.5 Å². The van der Waals surface area contributed by atoms with Gasteiger partial charge in [-0.1, -0.05) is 75.4 Å². The molecule has 0 aliphatic carbocycles. The van der Waals surface area contributed by atoms with Crippen LogP contribution in [0, 0.1) is 0 Å². The summed E-state index contributed by atoms with van der Waals surface area (Å²) in [5, 5.41) is 2.90. The summed E-state index contributed by atoms with van der Waals surface area (Å²) >= 11 is 0. The fourth-order valence-electron chi connectivity index (χ4n) is 4.62. The molecule has 0 radical (unpaired) electrons. The van der Waals surface area contributed by atoms with E-state index in [4.69, 9.17) is 14.2 Å². The Bertz CT molecular complexity index is 1970. The van der Waals surface area contributed by atoms with Crippen molar-refractivity contribution in [3.05, 3.63) is 108 Å². The maximum Gasteiger partial charge on any atom is 0.263 e. The number of benzene rings is 3. The van der Waals surface area contributed by atoms with Crippen molar-refractivity contribution in [3.8, 4) is 34.8 Å². The maximum absolute atomic E-state index is 13.8. The van der Waals surface area contributed by atoms with Crippen LogP contribution in [0.4, 0.5) is 5.82 Å². The third kappa shape index (κ3) is 9.29. The molecule has 5 rings (SSSR count). The predicted molar refractivity (Wildman–Crippen MR) is 185 cm³/mol. The van der Waals surface area contributed by atoms with E-state index in [0.29, 0.717) is 18.7 Å². The van der Waals surface area contributed by atoms with Crippen molar-refractivity contribution >= 4 is 21.7 Å². The molecule has 5 aromatic rings. The van der Waals surface area contributed by atoms with Gasteiger partial charge in [0.15, 0.2) is 23.1 Å². The van der Waals surface area contributed by atoms with Crippen molar-refractivity contribution < 1.29 is 27.4 Å². The number of carbonyl (C=O) groups excluding carboxylic acids is 1. The van der Waals surface area contributed by atoms with Crippen molar-refractivity contribution in [1.82, 2.24) is 25.3 Å². The Morgan fingerprint density at radius 1 is 0.816 bits per heavy atom. The molecule has 254 valence electrons. The minimum Gasteiger partial charge on any atom is -0.493 e. The molecule has 2 aromatic heterocycles. The standard InChI is InChI=1S/C36H38N6O6S/c1-36(2,3)26-17-19-27(20-18-26)49(44,45)42-32-31(48-29-15-9-8-14-28(29)46-4)35(41-34(40-32)33-37-21-11-22-38-33)47-23-10-16-30(43)39-24-25-12-6-5-7-13-25/h5-9,11-15,17-22H,10,16,23-24H2,1-4H3,(H,39,43)(H,40,41,42). The molecular formula is C36H38N6O6S. The third-order valence-corrected chi connectivity index (χ3v) is 8.62. The monoisotopic (exact) mass is 682 g/mol. The molecule has 0 saturated carbocycles. The van der Waals surface area contributed by atoms with Gasteiger partial charge in [0.25, 0.3) is 15.9 Å². The molecule has 0 atom stereocenters. The number of hydrogen-bond acceptors (Lipinski definition) is 10. The van der Waals surface area contributed by atoms with Crippen LogP contribution < -0.4 is 24.2 Å². The molecule has 13 heteroatoms. The van der Waals surface area contributed by atoms with Crippen molar-refractivity contribution in [2.24, 2.45) is 0 Å². The average Bonchev–Trinajstić information content (AvgIpc) is 3.10. The van der Waals surface area contributed by atoms with E-state index in [0.717, 1.165) is 11.1 Å². The lowest BCUT2D eigenvalue weighted by molar-refractivity contribution is -0.121. The van der Waals surface area contributed by atoms with Gasteiger partial charge >= 0.3 is 0 Å². The number of rotatable bonds is 14. The number of hydrogen-bond donors (Lipinski definition) is 2. The van der Waals surface area contributed by atoms with Gasteiger partial charge in [0.1, 0.15) is 0 Å². The SMILES string of the molecule is COc1ccccc1Oc1c(NS(=O)(=O)c2ccc(C(C)(C)C)cc2)nc(-c2ncccn2)nc1OCCCC(=O)NCc1ccccc1. The molecular weight excluding hydrogens is 644 g/mol. The average molecular weight is 683 g/mol. The van der Waals surface area contributed by atoms with E-state index in [1.165, 1.54) is 31.6 Å². The largest absolute Gasteiger partial charge is 0.493 e. The number of anilines is 1. The Hall–Kier alpha value is -5.56. The maximum atomic E-state index is 13.8. The summed E-state index contributed by atoms with van der Waals surface area (Å²) in [7, 11) is -2.70. The van der Waals surface area contributed by atoms with E-state index < -0.39 is 10.0 Å². The Morgan fingerprint density at radius 3 is 2.16 bits per heavy atom. The van der Waals surface area contributed by atoms with Crippen LogP contribution in [0.15, 0.2) is 102 Å². The molecule has 0 unspecified atom stereocenters. The highest BCUT2D eigenvalue weighted by Gasteiger charge is 2.26. The van der Waals surface area contributed by atoms with Crippen LogP contribution in [0.25, 0.3) is 11.6 Å². The summed E-state index contributed by atoms with van der Waals surface area (Å²) in [5.41, 5.74) is 1.79. The quantitative estimate of drug-likeness (QED) is 0.127. The van der Waals surface area contributed by atoms with E-state index >= 15 is 0 Å². The van der Waals surface area contributed by atoms with Gasteiger partial charge in [-0.05, 0) is 53.3 Å². The van der Waals surface area contributed by atoms with Gasteiger partial charge in [0.2, 0.25) is 17.5 Å². The number of amides is 1. The summed E-state index contributed by atoms with van der Waals surface area (Å²) in [6.45, 7) is 6.59. The molecule has 49 heavy (non-hydrogen) atoms. The molecule has 2 heterocycles. The van der Waals surface area contributed by atoms with E-state index in [2.05, 4.69) is 30.0 Å². The van der Waals surface area contributed by atoms with Crippen LogP contribution >= 0.6 is 0 Å². The normalized spacial score (nSPS) is 11.4. The first-order valence-electron chi connectivity index (χ1n) is 15.6. The summed E-state index contributed by atoms with van der Waals surface area (Å²) in [5.74, 6) is 0.198. The van der Waals surface area contributed by atoms with Gasteiger partial charge in [-0.15, -0.1) is 0 Å². The van der Waals surface area contributed by atoms with E-state index in [-0.39, 0.29) is 64.1 Å². The van der Waals surface area contributed by atoms with Gasteiger partial charge in [-0.2, -0.15) is 4.98 Å². The van der Waals surface area contributed by atoms with Crippen molar-refractivity contribution in [1.29, 1.82) is 0 Å². The minimum absolute atomic E-state index is 0.00985. The topological polar surface area (TPSA) is 155 Å². The fourth-order valence-corrected chi connectivity index (χ4v) is 5.63. The van der Waals surface area contributed by atoms with Gasteiger partial charge in [-0.3, -0.25) is 9.52 Å². The number of methoxy groups -OCH3 is 1. The zero-order chi connectivity index (χ0) is 34.9. The van der Waals surface area contributed by atoms with E-state index in [1.807, 2.05) is 51.1 Å². The van der Waals surface area contributed by atoms with Crippen molar-refractivity contribution in [3.63, 3.8) is 0 Å². The second-order valence-electron chi connectivity index (χ2n) is 11.9.